The predicted octanol–water partition coefficient (Wildman–Crippen LogP) is 16.2. The lowest BCUT2D eigenvalue weighted by Crippen LogP contribution is -2.12. The Hall–Kier alpha value is -8.01. The van der Waals surface area contributed by atoms with Crippen molar-refractivity contribution in [3.8, 4) is 22.4 Å². The SMILES string of the molecule is c1ccc2c(c1)CCc1ccccc1N2c1ccc2c(-c3nccc4ccccc34)c3cc(N4c5ccccc5CCc5ccccc54)ccc3c(-c3ccc4ccccc4c3)c2c1. The van der Waals surface area contributed by atoms with Gasteiger partial charge in [-0.2, -0.15) is 0 Å². The number of nitrogens with zero attached hydrogens (tertiary/aromatic N) is 3. The summed E-state index contributed by atoms with van der Waals surface area (Å²) in [6.45, 7) is 0. The van der Waals surface area contributed by atoms with E-state index in [0.29, 0.717) is 0 Å². The Morgan fingerprint density at radius 3 is 1.33 bits per heavy atom. The molecule has 0 spiro atoms. The molecule has 0 radical (unpaired) electrons. The van der Waals surface area contributed by atoms with Crippen molar-refractivity contribution in [2.75, 3.05) is 9.80 Å². The number of aromatic nitrogens is 1. The van der Waals surface area contributed by atoms with Crippen LogP contribution in [0.3, 0.4) is 0 Å². The fourth-order valence-electron chi connectivity index (χ4n) is 10.8. The van der Waals surface area contributed by atoms with Gasteiger partial charge in [0.2, 0.25) is 0 Å². The van der Waals surface area contributed by atoms with E-state index in [4.69, 9.17) is 4.98 Å². The summed E-state index contributed by atoms with van der Waals surface area (Å²) in [6, 6.07) is 76.7. The van der Waals surface area contributed by atoms with Gasteiger partial charge in [0.1, 0.15) is 0 Å². The lowest BCUT2D eigenvalue weighted by Gasteiger charge is -2.29. The third-order valence-corrected chi connectivity index (χ3v) is 13.8. The summed E-state index contributed by atoms with van der Waals surface area (Å²) in [5, 5.41) is 9.51. The number of hydrogen-bond donors (Lipinski definition) is 0. The maximum absolute atomic E-state index is 5.31. The molecule has 302 valence electrons. The summed E-state index contributed by atoms with van der Waals surface area (Å²) in [6.07, 6.45) is 5.96. The van der Waals surface area contributed by atoms with Crippen LogP contribution in [0.1, 0.15) is 22.3 Å². The third kappa shape index (κ3) is 5.85. The Morgan fingerprint density at radius 2 is 0.766 bits per heavy atom. The van der Waals surface area contributed by atoms with Crippen molar-refractivity contribution in [3.63, 3.8) is 0 Å². The van der Waals surface area contributed by atoms with Gasteiger partial charge in [0, 0.05) is 51.3 Å². The van der Waals surface area contributed by atoms with Crippen LogP contribution in [0.5, 0.6) is 0 Å². The second-order valence-electron chi connectivity index (χ2n) is 17.3. The summed E-state index contributed by atoms with van der Waals surface area (Å²) in [5.41, 5.74) is 17.2. The Bertz CT molecular complexity index is 3560. The van der Waals surface area contributed by atoms with Gasteiger partial charge >= 0.3 is 0 Å². The maximum atomic E-state index is 5.31. The van der Waals surface area contributed by atoms with Crippen LogP contribution in [-0.4, -0.2) is 4.98 Å². The monoisotopic (exact) mass is 817 g/mol. The molecular weight excluding hydrogens is 775 g/mol. The minimum Gasteiger partial charge on any atom is -0.310 e. The quantitative estimate of drug-likeness (QED) is 0.165. The van der Waals surface area contributed by atoms with Gasteiger partial charge in [-0.1, -0.05) is 146 Å². The molecule has 0 N–H and O–H groups in total. The molecule has 0 saturated heterocycles. The average molecular weight is 818 g/mol. The topological polar surface area (TPSA) is 19.4 Å². The first-order valence-corrected chi connectivity index (χ1v) is 22.5. The Balaban J connectivity index is 1.17. The lowest BCUT2D eigenvalue weighted by atomic mass is 9.85. The standard InChI is InChI=1S/C61H43N3/c1-2-19-46-37-47(30-25-40(46)13-1)59-51-33-31-49(64-57-23-11-6-17-44(57)28-29-45-18-7-12-24-58(45)64)39-54(51)60(61-50-20-8-3-14-41(50)35-36-62-61)52-34-32-48(38-53(52)59)63-55-21-9-4-15-42(55)26-27-43-16-5-10-22-56(43)63/h1-25,30-39H,26-29H2. The number of hydrogen-bond acceptors (Lipinski definition) is 3. The summed E-state index contributed by atoms with van der Waals surface area (Å²) in [4.78, 5) is 10.3. The van der Waals surface area contributed by atoms with Crippen molar-refractivity contribution in [2.24, 2.45) is 0 Å². The van der Waals surface area contributed by atoms with E-state index in [0.717, 1.165) is 53.7 Å². The minimum atomic E-state index is 0.991. The highest BCUT2D eigenvalue weighted by molar-refractivity contribution is 6.24. The fraction of sp³-hybridized carbons (Fsp3) is 0.0656. The minimum absolute atomic E-state index is 0.991. The highest BCUT2D eigenvalue weighted by atomic mass is 15.2. The molecule has 0 unspecified atom stereocenters. The van der Waals surface area contributed by atoms with Crippen LogP contribution >= 0.6 is 0 Å². The van der Waals surface area contributed by atoms with Crippen LogP contribution in [-0.2, 0) is 25.7 Å². The van der Waals surface area contributed by atoms with Gasteiger partial charge in [-0.05, 0) is 157 Å². The molecule has 10 aromatic carbocycles. The molecule has 0 bridgehead atoms. The van der Waals surface area contributed by atoms with Gasteiger partial charge in [0.15, 0.2) is 0 Å². The van der Waals surface area contributed by atoms with Crippen molar-refractivity contribution in [1.29, 1.82) is 0 Å². The van der Waals surface area contributed by atoms with Crippen molar-refractivity contribution in [2.45, 2.75) is 25.7 Å². The largest absolute Gasteiger partial charge is 0.310 e. The molecule has 2 aliphatic heterocycles. The Labute approximate surface area is 373 Å². The van der Waals surface area contributed by atoms with Crippen molar-refractivity contribution in [1.82, 2.24) is 4.98 Å². The van der Waals surface area contributed by atoms with Gasteiger partial charge in [0.05, 0.1) is 5.69 Å². The fourth-order valence-corrected chi connectivity index (χ4v) is 10.8. The zero-order chi connectivity index (χ0) is 42.1. The Morgan fingerprint density at radius 1 is 0.312 bits per heavy atom. The van der Waals surface area contributed by atoms with E-state index in [9.17, 15) is 0 Å². The Kier molecular flexibility index (Phi) is 8.48. The second-order valence-corrected chi connectivity index (χ2v) is 17.3. The molecule has 13 rings (SSSR count). The number of para-hydroxylation sites is 4. The molecule has 2 aliphatic rings. The van der Waals surface area contributed by atoms with Gasteiger partial charge in [-0.25, -0.2) is 0 Å². The van der Waals surface area contributed by atoms with Crippen LogP contribution in [0.25, 0.3) is 65.5 Å². The van der Waals surface area contributed by atoms with E-state index in [-0.39, 0.29) is 0 Å². The molecular formula is C61H43N3. The van der Waals surface area contributed by atoms with Crippen LogP contribution in [0, 0.1) is 0 Å². The number of pyridine rings is 1. The van der Waals surface area contributed by atoms with Gasteiger partial charge in [0.25, 0.3) is 0 Å². The molecule has 1 aromatic heterocycles. The van der Waals surface area contributed by atoms with Gasteiger partial charge in [-0.15, -0.1) is 0 Å². The molecule has 0 aliphatic carbocycles. The number of fused-ring (bicyclic) bond motifs is 8. The zero-order valence-corrected chi connectivity index (χ0v) is 35.4. The summed E-state index contributed by atoms with van der Waals surface area (Å²) >= 11 is 0. The first kappa shape index (κ1) is 36.6. The van der Waals surface area contributed by atoms with Crippen LogP contribution < -0.4 is 9.80 Å². The molecule has 0 saturated carbocycles. The number of benzene rings is 10. The van der Waals surface area contributed by atoms with E-state index in [1.807, 2.05) is 6.20 Å². The summed E-state index contributed by atoms with van der Waals surface area (Å²) < 4.78 is 0. The number of aryl methyl sites for hydroxylation is 4. The predicted molar refractivity (Wildman–Crippen MR) is 269 cm³/mol. The zero-order valence-electron chi connectivity index (χ0n) is 35.4. The molecule has 3 nitrogen and oxygen atoms in total. The molecule has 64 heavy (non-hydrogen) atoms. The van der Waals surface area contributed by atoms with Crippen LogP contribution in [0.4, 0.5) is 34.1 Å². The summed E-state index contributed by atoms with van der Waals surface area (Å²) in [7, 11) is 0. The van der Waals surface area contributed by atoms with Gasteiger partial charge in [-0.3, -0.25) is 4.98 Å². The molecule has 11 aromatic rings. The molecule has 0 amide bonds. The lowest BCUT2D eigenvalue weighted by molar-refractivity contribution is 0.977. The van der Waals surface area contributed by atoms with Crippen LogP contribution in [0.2, 0.25) is 0 Å². The van der Waals surface area contributed by atoms with Crippen LogP contribution in [0.15, 0.2) is 212 Å². The number of rotatable bonds is 4. The summed E-state index contributed by atoms with van der Waals surface area (Å²) in [5.74, 6) is 0. The average Bonchev–Trinajstić information content (AvgIpc) is 3.63. The second kappa shape index (κ2) is 14.8. The van der Waals surface area contributed by atoms with E-state index in [1.165, 1.54) is 93.8 Å². The first-order valence-electron chi connectivity index (χ1n) is 22.5. The van der Waals surface area contributed by atoms with E-state index >= 15 is 0 Å². The first-order chi connectivity index (χ1) is 31.7. The number of anilines is 6. The van der Waals surface area contributed by atoms with Crippen molar-refractivity contribution >= 4 is 77.2 Å². The smallest absolute Gasteiger partial charge is 0.0792 e. The molecule has 3 heteroatoms. The van der Waals surface area contributed by atoms with Crippen molar-refractivity contribution < 1.29 is 0 Å². The third-order valence-electron chi connectivity index (χ3n) is 13.8. The van der Waals surface area contributed by atoms with Crippen molar-refractivity contribution in [3.05, 3.63) is 235 Å². The maximum Gasteiger partial charge on any atom is 0.0792 e. The van der Waals surface area contributed by atoms with E-state index < -0.39 is 0 Å². The van der Waals surface area contributed by atoms with E-state index in [1.54, 1.807) is 0 Å². The highest BCUT2D eigenvalue weighted by Crippen LogP contribution is 2.51. The molecule has 3 heterocycles. The highest BCUT2D eigenvalue weighted by Gasteiger charge is 2.27. The molecule has 0 atom stereocenters. The van der Waals surface area contributed by atoms with Gasteiger partial charge < -0.3 is 9.80 Å². The van der Waals surface area contributed by atoms with E-state index in [2.05, 4.69) is 216 Å². The molecule has 0 fully saturated rings. The normalized spacial score (nSPS) is 13.3.